The summed E-state index contributed by atoms with van der Waals surface area (Å²) >= 11 is 1.73. The van der Waals surface area contributed by atoms with E-state index < -0.39 is 0 Å². The fourth-order valence-electron chi connectivity index (χ4n) is 2.25. The first-order chi connectivity index (χ1) is 9.76. The van der Waals surface area contributed by atoms with Gasteiger partial charge in [0.05, 0.1) is 12.6 Å². The quantitative estimate of drug-likeness (QED) is 0.880. The van der Waals surface area contributed by atoms with E-state index in [2.05, 4.69) is 33.9 Å². The molecule has 0 radical (unpaired) electrons. The molecule has 20 heavy (non-hydrogen) atoms. The normalized spacial score (nSPS) is 16.1. The van der Waals surface area contributed by atoms with Crippen molar-refractivity contribution in [1.82, 2.24) is 10.3 Å². The summed E-state index contributed by atoms with van der Waals surface area (Å²) in [7, 11) is 0. The standard InChI is InChI=1S/C16H20N2OS/c1-3-19-14-6-4-5-12(9-14)15(18-13-7-8-13)16-17-11(2)10-20-16/h4-6,9-10,13,15,18H,3,7-8H2,1-2H3. The Bertz CT molecular complexity index is 577. The van der Waals surface area contributed by atoms with Gasteiger partial charge in [0, 0.05) is 17.1 Å². The third-order valence-electron chi connectivity index (χ3n) is 3.37. The number of ether oxygens (including phenoxy) is 1. The molecule has 3 nitrogen and oxygen atoms in total. The van der Waals surface area contributed by atoms with Crippen molar-refractivity contribution in [2.45, 2.75) is 38.8 Å². The van der Waals surface area contributed by atoms with Crippen molar-refractivity contribution >= 4 is 11.3 Å². The number of benzene rings is 1. The maximum Gasteiger partial charge on any atom is 0.119 e. The van der Waals surface area contributed by atoms with E-state index in [9.17, 15) is 0 Å². The lowest BCUT2D eigenvalue weighted by Crippen LogP contribution is -2.24. The van der Waals surface area contributed by atoms with Crippen LogP contribution < -0.4 is 10.1 Å². The minimum atomic E-state index is 0.182. The number of aromatic nitrogens is 1. The number of nitrogens with one attached hydrogen (secondary N) is 1. The van der Waals surface area contributed by atoms with Crippen molar-refractivity contribution in [2.75, 3.05) is 6.61 Å². The third-order valence-corrected chi connectivity index (χ3v) is 4.39. The number of thiazole rings is 1. The minimum Gasteiger partial charge on any atom is -0.494 e. The summed E-state index contributed by atoms with van der Waals surface area (Å²) in [4.78, 5) is 4.66. The molecular weight excluding hydrogens is 268 g/mol. The van der Waals surface area contributed by atoms with Gasteiger partial charge in [-0.3, -0.25) is 0 Å². The molecule has 106 valence electrons. The maximum absolute atomic E-state index is 5.61. The van der Waals surface area contributed by atoms with Gasteiger partial charge >= 0.3 is 0 Å². The summed E-state index contributed by atoms with van der Waals surface area (Å²) in [6.45, 7) is 4.75. The molecule has 3 rings (SSSR count). The van der Waals surface area contributed by atoms with Crippen molar-refractivity contribution in [3.63, 3.8) is 0 Å². The Morgan fingerprint density at radius 3 is 2.95 bits per heavy atom. The molecule has 0 amide bonds. The second-order valence-corrected chi connectivity index (χ2v) is 6.10. The highest BCUT2D eigenvalue weighted by Crippen LogP contribution is 2.31. The molecule has 1 aromatic heterocycles. The highest BCUT2D eigenvalue weighted by molar-refractivity contribution is 7.09. The number of hydrogen-bond acceptors (Lipinski definition) is 4. The van der Waals surface area contributed by atoms with Gasteiger partial charge in [0.2, 0.25) is 0 Å². The topological polar surface area (TPSA) is 34.1 Å². The fourth-order valence-corrected chi connectivity index (χ4v) is 3.13. The molecule has 1 saturated carbocycles. The molecule has 1 aliphatic rings. The van der Waals surface area contributed by atoms with Crippen LogP contribution in [-0.4, -0.2) is 17.6 Å². The van der Waals surface area contributed by atoms with Crippen LogP contribution in [0, 0.1) is 6.92 Å². The zero-order valence-corrected chi connectivity index (χ0v) is 12.7. The van der Waals surface area contributed by atoms with Crippen molar-refractivity contribution in [3.8, 4) is 5.75 Å². The zero-order chi connectivity index (χ0) is 13.9. The number of hydrogen-bond donors (Lipinski definition) is 1. The predicted octanol–water partition coefficient (Wildman–Crippen LogP) is 3.69. The van der Waals surface area contributed by atoms with Crippen LogP contribution >= 0.6 is 11.3 Å². The molecule has 1 aliphatic carbocycles. The highest BCUT2D eigenvalue weighted by atomic mass is 32.1. The summed E-state index contributed by atoms with van der Waals surface area (Å²) in [5.41, 5.74) is 2.32. The van der Waals surface area contributed by atoms with Crippen LogP contribution in [0.3, 0.4) is 0 Å². The molecule has 0 bridgehead atoms. The van der Waals surface area contributed by atoms with E-state index in [1.165, 1.54) is 18.4 Å². The van der Waals surface area contributed by atoms with Crippen molar-refractivity contribution in [2.24, 2.45) is 0 Å². The van der Waals surface area contributed by atoms with E-state index in [1.54, 1.807) is 11.3 Å². The molecule has 2 aromatic rings. The highest BCUT2D eigenvalue weighted by Gasteiger charge is 2.27. The molecular formula is C16H20N2OS. The van der Waals surface area contributed by atoms with Gasteiger partial charge in [-0.15, -0.1) is 11.3 Å². The third kappa shape index (κ3) is 3.19. The smallest absolute Gasteiger partial charge is 0.119 e. The lowest BCUT2D eigenvalue weighted by Gasteiger charge is -2.17. The second-order valence-electron chi connectivity index (χ2n) is 5.21. The summed E-state index contributed by atoms with van der Waals surface area (Å²) in [5, 5.41) is 6.95. The lowest BCUT2D eigenvalue weighted by molar-refractivity contribution is 0.339. The molecule has 4 heteroatoms. The van der Waals surface area contributed by atoms with Crippen LogP contribution in [0.4, 0.5) is 0 Å². The van der Waals surface area contributed by atoms with Gasteiger partial charge in [-0.25, -0.2) is 4.98 Å². The molecule has 0 aliphatic heterocycles. The van der Waals surface area contributed by atoms with Gasteiger partial charge in [-0.1, -0.05) is 12.1 Å². The summed E-state index contributed by atoms with van der Waals surface area (Å²) in [5.74, 6) is 0.931. The lowest BCUT2D eigenvalue weighted by atomic mass is 10.1. The molecule has 1 fully saturated rings. The van der Waals surface area contributed by atoms with Gasteiger partial charge in [-0.05, 0) is 44.4 Å². The van der Waals surface area contributed by atoms with Crippen LogP contribution in [0.15, 0.2) is 29.6 Å². The zero-order valence-electron chi connectivity index (χ0n) is 11.9. The van der Waals surface area contributed by atoms with Crippen LogP contribution in [-0.2, 0) is 0 Å². The van der Waals surface area contributed by atoms with Gasteiger partial charge < -0.3 is 10.1 Å². The molecule has 1 atom stereocenters. The predicted molar refractivity (Wildman–Crippen MR) is 82.5 cm³/mol. The Morgan fingerprint density at radius 1 is 1.45 bits per heavy atom. The van der Waals surface area contributed by atoms with Gasteiger partial charge in [-0.2, -0.15) is 0 Å². The Hall–Kier alpha value is -1.39. The first-order valence-electron chi connectivity index (χ1n) is 7.17. The maximum atomic E-state index is 5.61. The van der Waals surface area contributed by atoms with E-state index in [-0.39, 0.29) is 6.04 Å². The number of nitrogens with zero attached hydrogens (tertiary/aromatic N) is 1. The summed E-state index contributed by atoms with van der Waals surface area (Å²) in [6, 6.07) is 9.16. The van der Waals surface area contributed by atoms with Crippen molar-refractivity contribution in [1.29, 1.82) is 0 Å². The molecule has 1 heterocycles. The minimum absolute atomic E-state index is 0.182. The molecule has 1 unspecified atom stereocenters. The average Bonchev–Trinajstić information content (AvgIpc) is 3.17. The van der Waals surface area contributed by atoms with Crippen LogP contribution in [0.25, 0.3) is 0 Å². The van der Waals surface area contributed by atoms with E-state index in [1.807, 2.05) is 19.9 Å². The van der Waals surface area contributed by atoms with E-state index in [0.717, 1.165) is 16.5 Å². The largest absolute Gasteiger partial charge is 0.494 e. The first-order valence-corrected chi connectivity index (χ1v) is 8.05. The van der Waals surface area contributed by atoms with Crippen LogP contribution in [0.2, 0.25) is 0 Å². The summed E-state index contributed by atoms with van der Waals surface area (Å²) in [6.07, 6.45) is 2.54. The number of aryl methyl sites for hydroxylation is 1. The van der Waals surface area contributed by atoms with Crippen LogP contribution in [0.5, 0.6) is 5.75 Å². The van der Waals surface area contributed by atoms with Gasteiger partial charge in [0.25, 0.3) is 0 Å². The SMILES string of the molecule is CCOc1cccc(C(NC2CC2)c2nc(C)cs2)c1. The van der Waals surface area contributed by atoms with Crippen molar-refractivity contribution < 1.29 is 4.74 Å². The average molecular weight is 288 g/mol. The monoisotopic (exact) mass is 288 g/mol. The Labute approximate surface area is 124 Å². The van der Waals surface area contributed by atoms with E-state index in [0.29, 0.717) is 12.6 Å². The second kappa shape index (κ2) is 5.94. The number of rotatable bonds is 6. The van der Waals surface area contributed by atoms with E-state index in [4.69, 9.17) is 4.74 Å². The Balaban J connectivity index is 1.89. The molecule has 0 spiro atoms. The Morgan fingerprint density at radius 2 is 2.30 bits per heavy atom. The first kappa shape index (κ1) is 13.6. The fraction of sp³-hybridized carbons (Fsp3) is 0.438. The van der Waals surface area contributed by atoms with Gasteiger partial charge in [0.1, 0.15) is 10.8 Å². The Kier molecular flexibility index (Phi) is 4.03. The van der Waals surface area contributed by atoms with Gasteiger partial charge in [0.15, 0.2) is 0 Å². The summed E-state index contributed by atoms with van der Waals surface area (Å²) < 4.78 is 5.61. The van der Waals surface area contributed by atoms with Crippen LogP contribution in [0.1, 0.15) is 42.1 Å². The molecule has 1 N–H and O–H groups in total. The molecule has 1 aromatic carbocycles. The molecule has 0 saturated heterocycles. The van der Waals surface area contributed by atoms with E-state index >= 15 is 0 Å². The van der Waals surface area contributed by atoms with Crippen molar-refractivity contribution in [3.05, 3.63) is 45.9 Å².